The maximum atomic E-state index is 4.46. The number of hydrogen-bond donors (Lipinski definition) is 1. The van der Waals surface area contributed by atoms with Gasteiger partial charge in [-0.15, -0.1) is 5.10 Å². The molecule has 0 unspecified atom stereocenters. The number of anilines is 1. The standard InChI is InChI=1S/C14H23N5/c1-4-18(5-2)9-6-8-15-14-16-13-11-12(3)7-10-19(13)17-14/h7,10-11H,4-6,8-9H2,1-3H3,(H,15,17). The first-order valence-corrected chi connectivity index (χ1v) is 7.02. The highest BCUT2D eigenvalue weighted by Gasteiger charge is 2.03. The lowest BCUT2D eigenvalue weighted by molar-refractivity contribution is 0.303. The van der Waals surface area contributed by atoms with E-state index in [-0.39, 0.29) is 0 Å². The Balaban J connectivity index is 1.84. The van der Waals surface area contributed by atoms with E-state index in [2.05, 4.69) is 41.1 Å². The van der Waals surface area contributed by atoms with Crippen LogP contribution in [0.3, 0.4) is 0 Å². The van der Waals surface area contributed by atoms with Crippen LogP contribution in [0.15, 0.2) is 18.3 Å². The first-order chi connectivity index (χ1) is 9.22. The van der Waals surface area contributed by atoms with Gasteiger partial charge in [0.25, 0.3) is 0 Å². The summed E-state index contributed by atoms with van der Waals surface area (Å²) in [5.41, 5.74) is 2.10. The molecular weight excluding hydrogens is 238 g/mol. The van der Waals surface area contributed by atoms with E-state index in [1.165, 1.54) is 5.56 Å². The quantitative estimate of drug-likeness (QED) is 0.776. The first-order valence-electron chi connectivity index (χ1n) is 7.02. The Morgan fingerprint density at radius 1 is 1.32 bits per heavy atom. The topological polar surface area (TPSA) is 45.5 Å². The fourth-order valence-corrected chi connectivity index (χ4v) is 2.10. The van der Waals surface area contributed by atoms with Gasteiger partial charge in [-0.2, -0.15) is 4.98 Å². The largest absolute Gasteiger partial charge is 0.353 e. The highest BCUT2D eigenvalue weighted by Crippen LogP contribution is 2.07. The van der Waals surface area contributed by atoms with Crippen molar-refractivity contribution >= 4 is 11.6 Å². The molecule has 0 atom stereocenters. The van der Waals surface area contributed by atoms with Gasteiger partial charge >= 0.3 is 0 Å². The summed E-state index contributed by atoms with van der Waals surface area (Å²) >= 11 is 0. The van der Waals surface area contributed by atoms with Crippen LogP contribution in [-0.4, -0.2) is 45.7 Å². The number of aromatic nitrogens is 3. The molecule has 0 fully saturated rings. The maximum absolute atomic E-state index is 4.46. The number of hydrogen-bond acceptors (Lipinski definition) is 4. The molecule has 2 rings (SSSR count). The van der Waals surface area contributed by atoms with Gasteiger partial charge in [0, 0.05) is 12.7 Å². The maximum Gasteiger partial charge on any atom is 0.243 e. The van der Waals surface area contributed by atoms with Crippen molar-refractivity contribution in [3.63, 3.8) is 0 Å². The minimum absolute atomic E-state index is 0.713. The van der Waals surface area contributed by atoms with Crippen molar-refractivity contribution in [1.29, 1.82) is 0 Å². The fraction of sp³-hybridized carbons (Fsp3) is 0.571. The molecule has 0 aromatic carbocycles. The van der Waals surface area contributed by atoms with Crippen LogP contribution < -0.4 is 5.32 Å². The van der Waals surface area contributed by atoms with E-state index < -0.39 is 0 Å². The summed E-state index contributed by atoms with van der Waals surface area (Å²) in [6.07, 6.45) is 3.05. The van der Waals surface area contributed by atoms with Gasteiger partial charge in [0.05, 0.1) is 0 Å². The molecule has 0 aliphatic carbocycles. The summed E-state index contributed by atoms with van der Waals surface area (Å²) < 4.78 is 1.81. The first kappa shape index (κ1) is 13.8. The third-order valence-electron chi connectivity index (χ3n) is 3.32. The molecule has 2 aromatic heterocycles. The average molecular weight is 261 g/mol. The van der Waals surface area contributed by atoms with Crippen molar-refractivity contribution in [3.05, 3.63) is 23.9 Å². The molecule has 2 aromatic rings. The molecule has 0 spiro atoms. The third-order valence-corrected chi connectivity index (χ3v) is 3.32. The number of rotatable bonds is 7. The molecule has 19 heavy (non-hydrogen) atoms. The predicted octanol–water partition coefficient (Wildman–Crippen LogP) is 2.18. The van der Waals surface area contributed by atoms with Crippen LogP contribution in [0.25, 0.3) is 5.65 Å². The monoisotopic (exact) mass is 261 g/mol. The molecule has 0 aliphatic rings. The highest BCUT2D eigenvalue weighted by molar-refractivity contribution is 5.45. The van der Waals surface area contributed by atoms with Gasteiger partial charge in [0.15, 0.2) is 5.65 Å². The summed E-state index contributed by atoms with van der Waals surface area (Å²) in [6.45, 7) is 10.7. The molecular formula is C14H23N5. The molecule has 5 nitrogen and oxygen atoms in total. The van der Waals surface area contributed by atoms with Crippen molar-refractivity contribution in [1.82, 2.24) is 19.5 Å². The van der Waals surface area contributed by atoms with Crippen molar-refractivity contribution in [3.8, 4) is 0 Å². The van der Waals surface area contributed by atoms with Crippen molar-refractivity contribution in [2.75, 3.05) is 31.5 Å². The molecule has 0 amide bonds. The lowest BCUT2D eigenvalue weighted by Gasteiger charge is -2.17. The zero-order chi connectivity index (χ0) is 13.7. The lowest BCUT2D eigenvalue weighted by Crippen LogP contribution is -2.25. The van der Waals surface area contributed by atoms with E-state index >= 15 is 0 Å². The van der Waals surface area contributed by atoms with E-state index in [1.807, 2.05) is 18.3 Å². The van der Waals surface area contributed by atoms with Crippen LogP contribution in [0.5, 0.6) is 0 Å². The number of nitrogens with one attached hydrogen (secondary N) is 1. The minimum Gasteiger partial charge on any atom is -0.353 e. The summed E-state index contributed by atoms with van der Waals surface area (Å²) in [4.78, 5) is 6.88. The molecule has 2 heterocycles. The zero-order valence-electron chi connectivity index (χ0n) is 12.1. The second kappa shape index (κ2) is 6.52. The number of pyridine rings is 1. The Morgan fingerprint density at radius 3 is 2.84 bits per heavy atom. The molecule has 5 heteroatoms. The molecule has 0 aliphatic heterocycles. The summed E-state index contributed by atoms with van der Waals surface area (Å²) in [6, 6.07) is 4.07. The van der Waals surface area contributed by atoms with Gasteiger partial charge in [0.1, 0.15) is 0 Å². The number of nitrogens with zero attached hydrogens (tertiary/aromatic N) is 4. The third kappa shape index (κ3) is 3.67. The minimum atomic E-state index is 0.713. The Bertz CT molecular complexity index is 516. The molecule has 0 radical (unpaired) electrons. The van der Waals surface area contributed by atoms with Gasteiger partial charge in [-0.05, 0) is 50.7 Å². The van der Waals surface area contributed by atoms with Gasteiger partial charge in [-0.3, -0.25) is 0 Å². The zero-order valence-corrected chi connectivity index (χ0v) is 12.1. The smallest absolute Gasteiger partial charge is 0.243 e. The van der Waals surface area contributed by atoms with Gasteiger partial charge in [-0.1, -0.05) is 13.8 Å². The average Bonchev–Trinajstić information content (AvgIpc) is 2.80. The fourth-order valence-electron chi connectivity index (χ4n) is 2.10. The van der Waals surface area contributed by atoms with E-state index in [1.54, 1.807) is 4.52 Å². The van der Waals surface area contributed by atoms with Crippen molar-refractivity contribution in [2.24, 2.45) is 0 Å². The van der Waals surface area contributed by atoms with E-state index in [9.17, 15) is 0 Å². The van der Waals surface area contributed by atoms with Crippen LogP contribution in [0, 0.1) is 6.92 Å². The van der Waals surface area contributed by atoms with Crippen molar-refractivity contribution < 1.29 is 0 Å². The lowest BCUT2D eigenvalue weighted by atomic mass is 10.3. The van der Waals surface area contributed by atoms with Gasteiger partial charge in [0.2, 0.25) is 5.95 Å². The van der Waals surface area contributed by atoms with E-state index in [0.29, 0.717) is 5.95 Å². The second-order valence-corrected chi connectivity index (χ2v) is 4.75. The highest BCUT2D eigenvalue weighted by atomic mass is 15.3. The van der Waals surface area contributed by atoms with E-state index in [0.717, 1.165) is 38.2 Å². The molecule has 104 valence electrons. The normalized spacial score (nSPS) is 11.4. The van der Waals surface area contributed by atoms with Crippen LogP contribution >= 0.6 is 0 Å². The van der Waals surface area contributed by atoms with Crippen LogP contribution in [0.4, 0.5) is 5.95 Å². The number of aryl methyl sites for hydroxylation is 1. The van der Waals surface area contributed by atoms with Crippen molar-refractivity contribution in [2.45, 2.75) is 27.2 Å². The van der Waals surface area contributed by atoms with Gasteiger partial charge < -0.3 is 10.2 Å². The summed E-state index contributed by atoms with van der Waals surface area (Å²) in [7, 11) is 0. The Labute approximate surface area is 114 Å². The molecule has 0 saturated heterocycles. The van der Waals surface area contributed by atoms with Crippen LogP contribution in [-0.2, 0) is 0 Å². The second-order valence-electron chi connectivity index (χ2n) is 4.75. The van der Waals surface area contributed by atoms with Gasteiger partial charge in [-0.25, -0.2) is 4.52 Å². The molecule has 1 N–H and O–H groups in total. The summed E-state index contributed by atoms with van der Waals surface area (Å²) in [5.74, 6) is 0.713. The SMILES string of the molecule is CCN(CC)CCCNc1nc2cc(C)ccn2n1. The molecule has 0 saturated carbocycles. The predicted molar refractivity (Wildman–Crippen MR) is 78.6 cm³/mol. The molecule has 0 bridgehead atoms. The Kier molecular flexibility index (Phi) is 4.74. The Hall–Kier alpha value is -1.62. The number of fused-ring (bicyclic) bond motifs is 1. The van der Waals surface area contributed by atoms with Crippen LogP contribution in [0.2, 0.25) is 0 Å². The van der Waals surface area contributed by atoms with Crippen LogP contribution in [0.1, 0.15) is 25.8 Å². The summed E-state index contributed by atoms with van der Waals surface area (Å²) in [5, 5.41) is 7.68. The van der Waals surface area contributed by atoms with E-state index in [4.69, 9.17) is 0 Å². The Morgan fingerprint density at radius 2 is 2.11 bits per heavy atom.